The molecule has 2 heteroatoms. The molecule has 0 aromatic rings. The van der Waals surface area contributed by atoms with Gasteiger partial charge in [-0.1, -0.05) is 37.1 Å². The maximum atomic E-state index is 12.5. The van der Waals surface area contributed by atoms with E-state index in [1.165, 1.54) is 36.8 Å². The van der Waals surface area contributed by atoms with Crippen molar-refractivity contribution in [3.63, 3.8) is 0 Å². The molecule has 3 aliphatic carbocycles. The summed E-state index contributed by atoms with van der Waals surface area (Å²) in [5.41, 5.74) is 3.60. The topological polar surface area (TPSA) is 34.1 Å². The Balaban J connectivity index is 1.84. The minimum absolute atomic E-state index is 0.141. The average molecular weight is 369 g/mol. The van der Waals surface area contributed by atoms with Crippen LogP contribution in [0.1, 0.15) is 73.1 Å². The minimum atomic E-state index is -0.214. The van der Waals surface area contributed by atoms with Crippen molar-refractivity contribution in [1.29, 1.82) is 0 Å². The molecule has 6 atom stereocenters. The molecule has 148 valence electrons. The molecule has 0 bridgehead atoms. The summed E-state index contributed by atoms with van der Waals surface area (Å²) in [5, 5.41) is 0. The van der Waals surface area contributed by atoms with Crippen LogP contribution in [0.3, 0.4) is 0 Å². The Kier molecular flexibility index (Phi) is 5.93. The highest BCUT2D eigenvalue weighted by atomic mass is 16.1. The molecule has 3 aliphatic rings. The fourth-order valence-electron chi connectivity index (χ4n) is 6.21. The summed E-state index contributed by atoms with van der Waals surface area (Å²) in [7, 11) is 0. The van der Waals surface area contributed by atoms with E-state index >= 15 is 0 Å². The number of carbonyl (C=O) groups excluding carboxylic acids is 2. The Labute approximate surface area is 165 Å². The van der Waals surface area contributed by atoms with Crippen LogP contribution in [0.4, 0.5) is 0 Å². The first kappa shape index (κ1) is 20.3. The third kappa shape index (κ3) is 3.91. The summed E-state index contributed by atoms with van der Waals surface area (Å²) in [5.74, 6) is 2.21. The van der Waals surface area contributed by atoms with E-state index in [0.29, 0.717) is 11.8 Å². The maximum absolute atomic E-state index is 12.5. The number of aldehydes is 1. The Morgan fingerprint density at radius 3 is 2.78 bits per heavy atom. The number of fused-ring (bicyclic) bond motifs is 2. The number of hydrogen-bond donors (Lipinski definition) is 0. The molecule has 1 saturated carbocycles. The molecule has 0 N–H and O–H groups in total. The van der Waals surface area contributed by atoms with Gasteiger partial charge in [-0.3, -0.25) is 9.59 Å². The van der Waals surface area contributed by atoms with Gasteiger partial charge in [0, 0.05) is 0 Å². The normalized spacial score (nSPS) is 38.6. The SMILES string of the molecule is CC(C)=CCC[C@H](C)[C@H]1CC[C@]2(C)C[C@@H]3C(C)=CC(=O)[C@@H]3/C(C=O)=C\C[C@@H]12. The zero-order chi connectivity index (χ0) is 19.8. The Morgan fingerprint density at radius 1 is 1.37 bits per heavy atom. The van der Waals surface area contributed by atoms with Crippen LogP contribution in [0.5, 0.6) is 0 Å². The van der Waals surface area contributed by atoms with Gasteiger partial charge in [-0.25, -0.2) is 0 Å². The van der Waals surface area contributed by atoms with Crippen LogP contribution in [0.2, 0.25) is 0 Å². The Hall–Kier alpha value is -1.44. The van der Waals surface area contributed by atoms with E-state index in [2.05, 4.69) is 46.8 Å². The van der Waals surface area contributed by atoms with E-state index in [4.69, 9.17) is 0 Å². The monoisotopic (exact) mass is 368 g/mol. The third-order valence-corrected chi connectivity index (χ3v) is 7.82. The number of carbonyl (C=O) groups is 2. The second-order valence-electron chi connectivity index (χ2n) is 9.94. The fourth-order valence-corrected chi connectivity index (χ4v) is 6.21. The smallest absolute Gasteiger partial charge is 0.163 e. The second-order valence-corrected chi connectivity index (χ2v) is 9.94. The average Bonchev–Trinajstić information content (AvgIpc) is 3.04. The summed E-state index contributed by atoms with van der Waals surface area (Å²) in [6.07, 6.45) is 14.2. The van der Waals surface area contributed by atoms with Gasteiger partial charge >= 0.3 is 0 Å². The summed E-state index contributed by atoms with van der Waals surface area (Å²) in [6, 6.07) is 0. The molecule has 0 amide bonds. The molecule has 0 aliphatic heterocycles. The molecule has 27 heavy (non-hydrogen) atoms. The molecular weight excluding hydrogens is 332 g/mol. The van der Waals surface area contributed by atoms with E-state index in [1.54, 1.807) is 6.08 Å². The first-order chi connectivity index (χ1) is 12.8. The third-order valence-electron chi connectivity index (χ3n) is 7.82. The Morgan fingerprint density at radius 2 is 2.11 bits per heavy atom. The predicted octanol–water partition coefficient (Wildman–Crippen LogP) is 6.08. The van der Waals surface area contributed by atoms with Crippen molar-refractivity contribution in [3.8, 4) is 0 Å². The lowest BCUT2D eigenvalue weighted by Gasteiger charge is -2.41. The predicted molar refractivity (Wildman–Crippen MR) is 111 cm³/mol. The van der Waals surface area contributed by atoms with E-state index in [9.17, 15) is 9.59 Å². The molecule has 0 aromatic heterocycles. The van der Waals surface area contributed by atoms with Crippen molar-refractivity contribution >= 4 is 12.1 Å². The van der Waals surface area contributed by atoms with Gasteiger partial charge in [-0.05, 0) is 100 Å². The van der Waals surface area contributed by atoms with E-state index in [-0.39, 0.29) is 23.0 Å². The molecule has 3 rings (SSSR count). The first-order valence-electron chi connectivity index (χ1n) is 10.8. The lowest BCUT2D eigenvalue weighted by molar-refractivity contribution is -0.119. The quantitative estimate of drug-likeness (QED) is 0.435. The van der Waals surface area contributed by atoms with Gasteiger partial charge in [-0.2, -0.15) is 0 Å². The lowest BCUT2D eigenvalue weighted by Crippen LogP contribution is -2.34. The molecule has 0 aromatic carbocycles. The number of allylic oxidation sites excluding steroid dienone is 6. The first-order valence-corrected chi connectivity index (χ1v) is 10.8. The van der Waals surface area contributed by atoms with E-state index < -0.39 is 0 Å². The highest BCUT2D eigenvalue weighted by Crippen LogP contribution is 2.58. The van der Waals surface area contributed by atoms with Crippen LogP contribution in [0, 0.1) is 35.0 Å². The van der Waals surface area contributed by atoms with E-state index in [1.807, 2.05) is 0 Å². The zero-order valence-corrected chi connectivity index (χ0v) is 17.8. The van der Waals surface area contributed by atoms with Crippen molar-refractivity contribution < 1.29 is 9.59 Å². The van der Waals surface area contributed by atoms with Crippen molar-refractivity contribution in [2.24, 2.45) is 35.0 Å². The number of rotatable bonds is 5. The molecule has 0 saturated heterocycles. The molecule has 0 heterocycles. The number of ketones is 1. The zero-order valence-electron chi connectivity index (χ0n) is 17.8. The molecule has 0 unspecified atom stereocenters. The summed E-state index contributed by atoms with van der Waals surface area (Å²) < 4.78 is 0. The van der Waals surface area contributed by atoms with Gasteiger partial charge in [0.05, 0.1) is 5.92 Å². The van der Waals surface area contributed by atoms with Crippen LogP contribution >= 0.6 is 0 Å². The van der Waals surface area contributed by atoms with Crippen LogP contribution in [-0.4, -0.2) is 12.1 Å². The van der Waals surface area contributed by atoms with Crippen LogP contribution in [0.25, 0.3) is 0 Å². The maximum Gasteiger partial charge on any atom is 0.163 e. The highest BCUT2D eigenvalue weighted by molar-refractivity contribution is 6.01. The van der Waals surface area contributed by atoms with E-state index in [0.717, 1.165) is 30.6 Å². The van der Waals surface area contributed by atoms with Gasteiger partial charge in [-0.15, -0.1) is 0 Å². The van der Waals surface area contributed by atoms with Gasteiger partial charge in [0.15, 0.2) is 5.78 Å². The highest BCUT2D eigenvalue weighted by Gasteiger charge is 2.50. The van der Waals surface area contributed by atoms with Crippen molar-refractivity contribution in [2.75, 3.05) is 0 Å². The number of hydrogen-bond acceptors (Lipinski definition) is 2. The minimum Gasteiger partial charge on any atom is -0.298 e. The van der Waals surface area contributed by atoms with Crippen LogP contribution in [0.15, 0.2) is 34.9 Å². The molecule has 0 radical (unpaired) electrons. The van der Waals surface area contributed by atoms with Crippen molar-refractivity contribution in [3.05, 3.63) is 34.9 Å². The summed E-state index contributed by atoms with van der Waals surface area (Å²) in [6.45, 7) is 11.3. The standard InChI is InChI=1S/C25H36O2/c1-16(2)7-6-8-17(3)20-11-12-25(5)14-21-18(4)13-23(27)24(21)19(15-26)9-10-22(20)25/h7,9,13,15,17,20-22,24H,6,8,10-12,14H2,1-5H3/b19-9-/t17-,20+,21+,22-,24+,25+/m0/s1. The van der Waals surface area contributed by atoms with Gasteiger partial charge in [0.25, 0.3) is 0 Å². The molecular formula is C25H36O2. The summed E-state index contributed by atoms with van der Waals surface area (Å²) >= 11 is 0. The molecule has 1 fully saturated rings. The fraction of sp³-hybridized carbons (Fsp3) is 0.680. The van der Waals surface area contributed by atoms with Crippen molar-refractivity contribution in [1.82, 2.24) is 0 Å². The van der Waals surface area contributed by atoms with Gasteiger partial charge in [0.2, 0.25) is 0 Å². The van der Waals surface area contributed by atoms with Crippen LogP contribution < -0.4 is 0 Å². The Bertz CT molecular complexity index is 691. The largest absolute Gasteiger partial charge is 0.298 e. The van der Waals surface area contributed by atoms with Crippen molar-refractivity contribution in [2.45, 2.75) is 73.1 Å². The molecule has 0 spiro atoms. The summed E-state index contributed by atoms with van der Waals surface area (Å²) in [4.78, 5) is 24.3. The van der Waals surface area contributed by atoms with Gasteiger partial charge < -0.3 is 0 Å². The second kappa shape index (κ2) is 7.89. The van der Waals surface area contributed by atoms with Crippen LogP contribution in [-0.2, 0) is 9.59 Å². The lowest BCUT2D eigenvalue weighted by atomic mass is 9.63. The molecule has 2 nitrogen and oxygen atoms in total. The van der Waals surface area contributed by atoms with Gasteiger partial charge in [0.1, 0.15) is 6.29 Å².